The lowest BCUT2D eigenvalue weighted by Gasteiger charge is -2.30. The van der Waals surface area contributed by atoms with Gasteiger partial charge in [0.05, 0.1) is 12.7 Å². The molecule has 1 saturated heterocycles. The molecule has 0 aliphatic carbocycles. The number of likely N-dealkylation sites (N-methyl/N-ethyl adjacent to an activating group) is 1. The van der Waals surface area contributed by atoms with Crippen molar-refractivity contribution < 1.29 is 9.53 Å². The topological polar surface area (TPSA) is 41.6 Å². The van der Waals surface area contributed by atoms with Gasteiger partial charge in [0, 0.05) is 30.9 Å². The lowest BCUT2D eigenvalue weighted by molar-refractivity contribution is -0.122. The first-order valence-electron chi connectivity index (χ1n) is 6.83. The van der Waals surface area contributed by atoms with E-state index in [1.54, 1.807) is 11.3 Å². The number of ether oxygens (including phenoxy) is 1. The molecule has 4 nitrogen and oxygen atoms in total. The Hall–Kier alpha value is -0.910. The number of hydrogen-bond acceptors (Lipinski definition) is 4. The molecule has 1 aliphatic heterocycles. The van der Waals surface area contributed by atoms with Crippen molar-refractivity contribution in [3.8, 4) is 0 Å². The second-order valence-electron chi connectivity index (χ2n) is 4.99. The first kappa shape index (κ1) is 14.5. The van der Waals surface area contributed by atoms with Crippen molar-refractivity contribution in [2.24, 2.45) is 0 Å². The van der Waals surface area contributed by atoms with Gasteiger partial charge in [-0.3, -0.25) is 4.79 Å². The van der Waals surface area contributed by atoms with E-state index >= 15 is 0 Å². The summed E-state index contributed by atoms with van der Waals surface area (Å²) in [7, 11) is 2.08. The number of carbonyl (C=O) groups is 1. The molecule has 1 unspecified atom stereocenters. The van der Waals surface area contributed by atoms with Crippen LogP contribution in [0.4, 0.5) is 0 Å². The van der Waals surface area contributed by atoms with Crippen molar-refractivity contribution in [2.75, 3.05) is 33.3 Å². The predicted molar refractivity (Wildman–Crippen MR) is 77.5 cm³/mol. The zero-order chi connectivity index (χ0) is 13.5. The van der Waals surface area contributed by atoms with Gasteiger partial charge in [0.2, 0.25) is 5.91 Å². The lowest BCUT2D eigenvalue weighted by Crippen LogP contribution is -2.45. The number of rotatable bonds is 6. The molecule has 1 amide bonds. The summed E-state index contributed by atoms with van der Waals surface area (Å²) >= 11 is 1.75. The average Bonchev–Trinajstić information content (AvgIpc) is 2.90. The number of amides is 1. The van der Waals surface area contributed by atoms with Crippen LogP contribution < -0.4 is 5.32 Å². The minimum atomic E-state index is 0.133. The van der Waals surface area contributed by atoms with Crippen molar-refractivity contribution in [3.05, 3.63) is 22.4 Å². The molecule has 0 bridgehead atoms. The summed E-state index contributed by atoms with van der Waals surface area (Å²) < 4.78 is 5.61. The highest BCUT2D eigenvalue weighted by atomic mass is 32.1. The van der Waals surface area contributed by atoms with Crippen molar-refractivity contribution in [2.45, 2.75) is 25.4 Å². The number of nitrogens with one attached hydrogen (secondary N) is 1. The van der Waals surface area contributed by atoms with E-state index in [0.717, 1.165) is 32.5 Å². The number of thiophene rings is 1. The zero-order valence-electron chi connectivity index (χ0n) is 11.4. The van der Waals surface area contributed by atoms with Gasteiger partial charge in [-0.15, -0.1) is 11.3 Å². The predicted octanol–water partition coefficient (Wildman–Crippen LogP) is 1.52. The van der Waals surface area contributed by atoms with E-state index in [9.17, 15) is 4.79 Å². The Bertz CT molecular complexity index is 381. The highest BCUT2D eigenvalue weighted by Crippen LogP contribution is 2.11. The lowest BCUT2D eigenvalue weighted by atomic mass is 10.2. The second-order valence-corrected chi connectivity index (χ2v) is 6.02. The molecule has 2 heterocycles. The number of hydrogen-bond donors (Lipinski definition) is 1. The smallest absolute Gasteiger partial charge is 0.220 e. The molecule has 106 valence electrons. The Balaban J connectivity index is 1.56. The van der Waals surface area contributed by atoms with E-state index in [2.05, 4.69) is 34.8 Å². The molecule has 0 radical (unpaired) electrons. The minimum Gasteiger partial charge on any atom is -0.374 e. The monoisotopic (exact) mass is 282 g/mol. The average molecular weight is 282 g/mol. The SMILES string of the molecule is CN1CCOC(CNC(=O)CCCc2cccs2)C1. The van der Waals surface area contributed by atoms with Crippen LogP contribution in [-0.2, 0) is 16.0 Å². The van der Waals surface area contributed by atoms with E-state index < -0.39 is 0 Å². The molecule has 1 aliphatic rings. The molecule has 1 aromatic heterocycles. The van der Waals surface area contributed by atoms with Crippen LogP contribution in [-0.4, -0.2) is 50.2 Å². The Kier molecular flexibility index (Phi) is 5.82. The fourth-order valence-electron chi connectivity index (χ4n) is 2.18. The van der Waals surface area contributed by atoms with E-state index in [4.69, 9.17) is 4.74 Å². The third-order valence-electron chi connectivity index (χ3n) is 3.28. The summed E-state index contributed by atoms with van der Waals surface area (Å²) in [6.07, 6.45) is 2.64. The van der Waals surface area contributed by atoms with E-state index in [-0.39, 0.29) is 12.0 Å². The molecule has 19 heavy (non-hydrogen) atoms. The van der Waals surface area contributed by atoms with Crippen LogP contribution in [0.5, 0.6) is 0 Å². The molecular formula is C14H22N2O2S. The van der Waals surface area contributed by atoms with Crippen molar-refractivity contribution in [3.63, 3.8) is 0 Å². The van der Waals surface area contributed by atoms with Gasteiger partial charge in [-0.1, -0.05) is 6.07 Å². The summed E-state index contributed by atoms with van der Waals surface area (Å²) in [6, 6.07) is 4.17. The van der Waals surface area contributed by atoms with Gasteiger partial charge in [-0.2, -0.15) is 0 Å². The van der Waals surface area contributed by atoms with Crippen LogP contribution in [0.2, 0.25) is 0 Å². The van der Waals surface area contributed by atoms with Gasteiger partial charge in [0.25, 0.3) is 0 Å². The molecule has 1 aromatic rings. The summed E-state index contributed by atoms with van der Waals surface area (Å²) in [5.41, 5.74) is 0. The van der Waals surface area contributed by atoms with E-state index in [1.807, 2.05) is 0 Å². The number of carbonyl (C=O) groups excluding carboxylic acids is 1. The Morgan fingerprint density at radius 3 is 3.26 bits per heavy atom. The normalized spacial score (nSPS) is 20.4. The first-order chi connectivity index (χ1) is 9.24. The van der Waals surface area contributed by atoms with Gasteiger partial charge >= 0.3 is 0 Å². The fourth-order valence-corrected chi connectivity index (χ4v) is 2.94. The van der Waals surface area contributed by atoms with Crippen molar-refractivity contribution in [1.29, 1.82) is 0 Å². The standard InChI is InChI=1S/C14H22N2O2S/c1-16-7-8-18-12(11-16)10-15-14(17)6-2-4-13-5-3-9-19-13/h3,5,9,12H,2,4,6-8,10-11H2,1H3,(H,15,17). The van der Waals surface area contributed by atoms with Crippen LogP contribution >= 0.6 is 11.3 Å². The maximum Gasteiger partial charge on any atom is 0.220 e. The molecular weight excluding hydrogens is 260 g/mol. The zero-order valence-corrected chi connectivity index (χ0v) is 12.2. The Morgan fingerprint density at radius 2 is 2.53 bits per heavy atom. The third kappa shape index (κ3) is 5.30. The molecule has 0 aromatic carbocycles. The third-order valence-corrected chi connectivity index (χ3v) is 4.21. The molecule has 2 rings (SSSR count). The molecule has 0 spiro atoms. The number of morpholine rings is 1. The van der Waals surface area contributed by atoms with E-state index in [0.29, 0.717) is 13.0 Å². The molecule has 0 saturated carbocycles. The van der Waals surface area contributed by atoms with Gasteiger partial charge < -0.3 is 15.0 Å². The van der Waals surface area contributed by atoms with Gasteiger partial charge in [-0.05, 0) is 31.3 Å². The largest absolute Gasteiger partial charge is 0.374 e. The molecule has 5 heteroatoms. The van der Waals surface area contributed by atoms with Crippen molar-refractivity contribution in [1.82, 2.24) is 10.2 Å². The summed E-state index contributed by atoms with van der Waals surface area (Å²) in [5.74, 6) is 0.133. The molecule has 1 fully saturated rings. The summed E-state index contributed by atoms with van der Waals surface area (Å²) in [6.45, 7) is 3.26. The maximum atomic E-state index is 11.7. The highest BCUT2D eigenvalue weighted by Gasteiger charge is 2.17. The maximum absolute atomic E-state index is 11.7. The fraction of sp³-hybridized carbons (Fsp3) is 0.643. The molecule has 1 N–H and O–H groups in total. The van der Waals surface area contributed by atoms with E-state index in [1.165, 1.54) is 4.88 Å². The van der Waals surface area contributed by atoms with Gasteiger partial charge in [-0.25, -0.2) is 0 Å². The van der Waals surface area contributed by atoms with Crippen LogP contribution in [0.15, 0.2) is 17.5 Å². The summed E-state index contributed by atoms with van der Waals surface area (Å²) in [5, 5.41) is 5.04. The quantitative estimate of drug-likeness (QED) is 0.860. The highest BCUT2D eigenvalue weighted by molar-refractivity contribution is 7.09. The second kappa shape index (κ2) is 7.62. The Morgan fingerprint density at radius 1 is 1.63 bits per heavy atom. The van der Waals surface area contributed by atoms with Crippen molar-refractivity contribution >= 4 is 17.2 Å². The van der Waals surface area contributed by atoms with Gasteiger partial charge in [0.1, 0.15) is 0 Å². The number of aryl methyl sites for hydroxylation is 1. The minimum absolute atomic E-state index is 0.133. The van der Waals surface area contributed by atoms with Crippen LogP contribution in [0.3, 0.4) is 0 Å². The number of nitrogens with zero attached hydrogens (tertiary/aromatic N) is 1. The van der Waals surface area contributed by atoms with Crippen LogP contribution in [0, 0.1) is 0 Å². The van der Waals surface area contributed by atoms with Crippen LogP contribution in [0.25, 0.3) is 0 Å². The molecule has 1 atom stereocenters. The van der Waals surface area contributed by atoms with Crippen LogP contribution in [0.1, 0.15) is 17.7 Å². The van der Waals surface area contributed by atoms with Gasteiger partial charge in [0.15, 0.2) is 0 Å². The summed E-state index contributed by atoms with van der Waals surface area (Å²) in [4.78, 5) is 15.3. The Labute approximate surface area is 118 Å². The first-order valence-corrected chi connectivity index (χ1v) is 7.71.